The Kier molecular flexibility index (Phi) is 8.09. The third kappa shape index (κ3) is 6.22. The number of rotatable bonds is 10. The maximum absolute atomic E-state index is 14.0. The largest absolute Gasteiger partial charge is 0.480 e. The lowest BCUT2D eigenvalue weighted by atomic mass is 10.2. The molecule has 3 aromatic rings. The van der Waals surface area contributed by atoms with Gasteiger partial charge in [0, 0.05) is 29.3 Å². The maximum Gasteiger partial charge on any atom is 0.319 e. The van der Waals surface area contributed by atoms with Crippen molar-refractivity contribution in [1.82, 2.24) is 9.55 Å². The molecular formula is C25H27F2N3O3S. The van der Waals surface area contributed by atoms with Gasteiger partial charge in [-0.1, -0.05) is 31.9 Å². The molecule has 0 aliphatic heterocycles. The van der Waals surface area contributed by atoms with Crippen molar-refractivity contribution in [3.63, 3.8) is 0 Å². The zero-order valence-corrected chi connectivity index (χ0v) is 20.1. The van der Waals surface area contributed by atoms with Crippen LogP contribution >= 0.6 is 11.8 Å². The highest BCUT2D eigenvalue weighted by Crippen LogP contribution is 2.34. The van der Waals surface area contributed by atoms with Gasteiger partial charge in [-0.15, -0.1) is 11.8 Å². The Morgan fingerprint density at radius 2 is 1.82 bits per heavy atom. The molecule has 3 rings (SSSR count). The summed E-state index contributed by atoms with van der Waals surface area (Å²) in [6, 6.07) is 10.2. The predicted octanol–water partition coefficient (Wildman–Crippen LogP) is 6.23. The number of hydrogen-bond donors (Lipinski definition) is 2. The molecular weight excluding hydrogens is 460 g/mol. The van der Waals surface area contributed by atoms with Gasteiger partial charge in [0.05, 0.1) is 5.69 Å². The molecule has 34 heavy (non-hydrogen) atoms. The van der Waals surface area contributed by atoms with Crippen LogP contribution in [0.1, 0.15) is 50.5 Å². The minimum absolute atomic E-state index is 0.112. The van der Waals surface area contributed by atoms with Crippen molar-refractivity contribution in [3.05, 3.63) is 66.0 Å². The number of carbonyl (C=O) groups is 2. The van der Waals surface area contributed by atoms with Crippen molar-refractivity contribution in [2.45, 2.75) is 56.2 Å². The minimum Gasteiger partial charge on any atom is -0.480 e. The number of halogens is 2. The van der Waals surface area contributed by atoms with Crippen molar-refractivity contribution in [1.29, 1.82) is 0 Å². The molecule has 9 heteroatoms. The first kappa shape index (κ1) is 25.4. The number of carboxylic acids is 1. The standard InChI is InChI=1S/C25H27F2N3O3S/c1-4-5-6-13-30-15-21(23(31)29-20-12-9-17(26)14-19(20)27)28-22(30)16-7-10-18(11-8-16)34-25(2,3)24(32)33/h7-12,14-15H,4-6,13H2,1-3H3,(H,29,31)(H,32,33). The smallest absolute Gasteiger partial charge is 0.319 e. The van der Waals surface area contributed by atoms with Crippen LogP contribution in [0, 0.1) is 11.6 Å². The summed E-state index contributed by atoms with van der Waals surface area (Å²) in [5.41, 5.74) is 0.748. The summed E-state index contributed by atoms with van der Waals surface area (Å²) in [5.74, 6) is -2.52. The summed E-state index contributed by atoms with van der Waals surface area (Å²) in [6.07, 6.45) is 4.57. The molecule has 0 spiro atoms. The second-order valence-electron chi connectivity index (χ2n) is 8.37. The van der Waals surface area contributed by atoms with E-state index in [2.05, 4.69) is 17.2 Å². The SMILES string of the molecule is CCCCCn1cc(C(=O)Nc2ccc(F)cc2F)nc1-c1ccc(SC(C)(C)C(=O)O)cc1. The van der Waals surface area contributed by atoms with Gasteiger partial charge in [0.15, 0.2) is 0 Å². The average molecular weight is 488 g/mol. The van der Waals surface area contributed by atoms with Gasteiger partial charge >= 0.3 is 5.97 Å². The van der Waals surface area contributed by atoms with Gasteiger partial charge in [-0.3, -0.25) is 9.59 Å². The minimum atomic E-state index is -0.971. The number of aliphatic carboxylic acids is 1. The van der Waals surface area contributed by atoms with Gasteiger partial charge in [-0.2, -0.15) is 0 Å². The van der Waals surface area contributed by atoms with Crippen LogP contribution in [0.5, 0.6) is 0 Å². The summed E-state index contributed by atoms with van der Waals surface area (Å²) in [6.45, 7) is 6.03. The lowest BCUT2D eigenvalue weighted by Gasteiger charge is -2.18. The quantitative estimate of drug-likeness (QED) is 0.262. The molecule has 180 valence electrons. The highest BCUT2D eigenvalue weighted by Gasteiger charge is 2.28. The number of aromatic nitrogens is 2. The van der Waals surface area contributed by atoms with Crippen LogP contribution in [0.25, 0.3) is 11.4 Å². The molecule has 0 saturated heterocycles. The van der Waals surface area contributed by atoms with E-state index in [1.165, 1.54) is 11.8 Å². The fourth-order valence-electron chi connectivity index (χ4n) is 3.25. The first-order valence-electron chi connectivity index (χ1n) is 11.0. The Morgan fingerprint density at radius 1 is 1.12 bits per heavy atom. The summed E-state index contributed by atoms with van der Waals surface area (Å²) >= 11 is 1.24. The molecule has 0 aliphatic carbocycles. The third-order valence-corrected chi connectivity index (χ3v) is 6.38. The van der Waals surface area contributed by atoms with E-state index < -0.39 is 28.3 Å². The van der Waals surface area contributed by atoms with Crippen LogP contribution in [0.3, 0.4) is 0 Å². The Balaban J connectivity index is 1.87. The Hall–Kier alpha value is -3.20. The highest BCUT2D eigenvalue weighted by molar-refractivity contribution is 8.01. The zero-order chi connectivity index (χ0) is 24.9. The molecule has 1 amide bonds. The van der Waals surface area contributed by atoms with Gasteiger partial charge in [-0.25, -0.2) is 13.8 Å². The molecule has 0 aliphatic rings. The molecule has 1 heterocycles. The third-order valence-electron chi connectivity index (χ3n) is 5.19. The monoisotopic (exact) mass is 487 g/mol. The number of imidazole rings is 1. The van der Waals surface area contributed by atoms with E-state index in [-0.39, 0.29) is 11.4 Å². The number of carbonyl (C=O) groups excluding carboxylic acids is 1. The predicted molar refractivity (Wildman–Crippen MR) is 129 cm³/mol. The van der Waals surface area contributed by atoms with E-state index in [1.54, 1.807) is 20.0 Å². The number of benzene rings is 2. The van der Waals surface area contributed by atoms with Gasteiger partial charge in [0.25, 0.3) is 5.91 Å². The second kappa shape index (κ2) is 10.8. The number of hydrogen-bond acceptors (Lipinski definition) is 4. The molecule has 1 aromatic heterocycles. The molecule has 0 bridgehead atoms. The van der Waals surface area contributed by atoms with Crippen molar-refractivity contribution in [2.24, 2.45) is 0 Å². The molecule has 0 radical (unpaired) electrons. The normalized spacial score (nSPS) is 11.4. The number of nitrogens with one attached hydrogen (secondary N) is 1. The molecule has 6 nitrogen and oxygen atoms in total. The van der Waals surface area contributed by atoms with Gasteiger partial charge in [-0.05, 0) is 44.5 Å². The van der Waals surface area contributed by atoms with E-state index in [4.69, 9.17) is 0 Å². The number of aryl methyl sites for hydroxylation is 1. The number of carboxylic acid groups (broad SMARTS) is 1. The van der Waals surface area contributed by atoms with E-state index in [0.29, 0.717) is 18.4 Å². The van der Waals surface area contributed by atoms with E-state index in [1.807, 2.05) is 28.8 Å². The first-order chi connectivity index (χ1) is 16.1. The maximum atomic E-state index is 14.0. The number of amides is 1. The Morgan fingerprint density at radius 3 is 2.44 bits per heavy atom. The molecule has 0 saturated carbocycles. The fourth-order valence-corrected chi connectivity index (χ4v) is 4.19. The van der Waals surface area contributed by atoms with Gasteiger partial charge < -0.3 is 15.0 Å². The number of nitrogens with zero attached hydrogens (tertiary/aromatic N) is 2. The van der Waals surface area contributed by atoms with Crippen LogP contribution in [0.4, 0.5) is 14.5 Å². The highest BCUT2D eigenvalue weighted by atomic mass is 32.2. The van der Waals surface area contributed by atoms with Crippen LogP contribution < -0.4 is 5.32 Å². The summed E-state index contributed by atoms with van der Waals surface area (Å²) in [5, 5.41) is 11.8. The summed E-state index contributed by atoms with van der Waals surface area (Å²) in [7, 11) is 0. The second-order valence-corrected chi connectivity index (χ2v) is 10.1. The van der Waals surface area contributed by atoms with Crippen LogP contribution in [0.15, 0.2) is 53.6 Å². The zero-order valence-electron chi connectivity index (χ0n) is 19.3. The molecule has 0 unspecified atom stereocenters. The van der Waals surface area contributed by atoms with Crippen LogP contribution in [-0.2, 0) is 11.3 Å². The average Bonchev–Trinajstić information content (AvgIpc) is 3.20. The van der Waals surface area contributed by atoms with E-state index in [0.717, 1.165) is 41.9 Å². The van der Waals surface area contributed by atoms with E-state index in [9.17, 15) is 23.5 Å². The van der Waals surface area contributed by atoms with Crippen molar-refractivity contribution < 1.29 is 23.5 Å². The van der Waals surface area contributed by atoms with Gasteiger partial charge in [0.2, 0.25) is 0 Å². The molecule has 2 aromatic carbocycles. The Labute approximate surface area is 201 Å². The van der Waals surface area contributed by atoms with Gasteiger partial charge in [0.1, 0.15) is 27.9 Å². The molecule has 2 N–H and O–H groups in total. The molecule has 0 fully saturated rings. The summed E-state index contributed by atoms with van der Waals surface area (Å²) < 4.78 is 28.0. The van der Waals surface area contributed by atoms with Crippen molar-refractivity contribution in [2.75, 3.05) is 5.32 Å². The van der Waals surface area contributed by atoms with Crippen LogP contribution in [0.2, 0.25) is 0 Å². The van der Waals surface area contributed by atoms with Crippen molar-refractivity contribution in [3.8, 4) is 11.4 Å². The fraction of sp³-hybridized carbons (Fsp3) is 0.320. The van der Waals surface area contributed by atoms with Crippen molar-refractivity contribution >= 4 is 29.3 Å². The summed E-state index contributed by atoms with van der Waals surface area (Å²) in [4.78, 5) is 29.4. The number of thioether (sulfide) groups is 1. The Bertz CT molecular complexity index is 1180. The number of unbranched alkanes of at least 4 members (excludes halogenated alkanes) is 2. The molecule has 0 atom stereocenters. The van der Waals surface area contributed by atoms with Crippen LogP contribution in [-0.4, -0.2) is 31.3 Å². The number of anilines is 1. The first-order valence-corrected chi connectivity index (χ1v) is 11.8. The topological polar surface area (TPSA) is 84.2 Å². The van der Waals surface area contributed by atoms with E-state index >= 15 is 0 Å². The lowest BCUT2D eigenvalue weighted by Crippen LogP contribution is -2.26. The lowest BCUT2D eigenvalue weighted by molar-refractivity contribution is -0.138.